The van der Waals surface area contributed by atoms with E-state index in [2.05, 4.69) is 32.9 Å². The highest BCUT2D eigenvalue weighted by Gasteiger charge is 2.09. The Bertz CT molecular complexity index is 302. The molecule has 0 unspecified atom stereocenters. The molecular weight excluding hydrogens is 202 g/mol. The van der Waals surface area contributed by atoms with E-state index >= 15 is 0 Å². The van der Waals surface area contributed by atoms with Crippen LogP contribution >= 0.6 is 11.8 Å². The number of hydrogen-bond acceptors (Lipinski definition) is 2. The van der Waals surface area contributed by atoms with Crippen LogP contribution in [0.15, 0.2) is 24.3 Å². The van der Waals surface area contributed by atoms with E-state index in [-0.39, 0.29) is 0 Å². The van der Waals surface area contributed by atoms with Crippen molar-refractivity contribution in [2.45, 2.75) is 38.4 Å². The van der Waals surface area contributed by atoms with E-state index in [0.717, 1.165) is 12.1 Å². The fraction of sp³-hybridized carbons (Fsp3) is 0.538. The van der Waals surface area contributed by atoms with Gasteiger partial charge in [-0.25, -0.2) is 0 Å². The van der Waals surface area contributed by atoms with Gasteiger partial charge in [0.2, 0.25) is 0 Å². The summed E-state index contributed by atoms with van der Waals surface area (Å²) in [6, 6.07) is 8.19. The Hall–Kier alpha value is -0.630. The second kappa shape index (κ2) is 5.45. The number of hydrogen-bond donors (Lipinski definition) is 1. The van der Waals surface area contributed by atoms with E-state index in [1.807, 2.05) is 23.9 Å². The minimum atomic E-state index is 0.385. The van der Waals surface area contributed by atoms with E-state index in [1.165, 1.54) is 17.7 Å². The first-order chi connectivity index (χ1) is 6.97. The smallest absolute Gasteiger partial charge is 0.0316 e. The van der Waals surface area contributed by atoms with Gasteiger partial charge < -0.3 is 5.73 Å². The molecule has 1 aromatic carbocycles. The van der Waals surface area contributed by atoms with Crippen LogP contribution in [0.5, 0.6) is 0 Å². The molecule has 0 saturated heterocycles. The molecule has 2 N–H and O–H groups in total. The molecule has 0 heterocycles. The molecule has 1 aromatic rings. The Balaban J connectivity index is 2.26. The van der Waals surface area contributed by atoms with Crippen molar-refractivity contribution >= 4 is 17.4 Å². The number of anilines is 1. The van der Waals surface area contributed by atoms with Crippen molar-refractivity contribution in [1.29, 1.82) is 0 Å². The highest BCUT2D eigenvalue weighted by Crippen LogP contribution is 2.24. The maximum Gasteiger partial charge on any atom is 0.0316 e. The summed E-state index contributed by atoms with van der Waals surface area (Å²) in [5.74, 6) is 1.22. The zero-order valence-electron chi connectivity index (χ0n) is 9.92. The summed E-state index contributed by atoms with van der Waals surface area (Å²) >= 11 is 2.03. The van der Waals surface area contributed by atoms with Gasteiger partial charge in [0.1, 0.15) is 0 Å². The standard InChI is InChI=1S/C13H21NS/c1-13(2,3)15-9-5-7-11-6-4-8-12(14)10-11/h4,6,8,10H,5,7,9,14H2,1-3H3. The zero-order chi connectivity index (χ0) is 11.3. The van der Waals surface area contributed by atoms with Gasteiger partial charge in [-0.05, 0) is 36.3 Å². The largest absolute Gasteiger partial charge is 0.399 e. The first kappa shape index (κ1) is 12.4. The van der Waals surface area contributed by atoms with Gasteiger partial charge in [0, 0.05) is 10.4 Å². The van der Waals surface area contributed by atoms with Crippen molar-refractivity contribution in [2.24, 2.45) is 0 Å². The van der Waals surface area contributed by atoms with Gasteiger partial charge in [-0.15, -0.1) is 0 Å². The molecule has 0 aromatic heterocycles. The lowest BCUT2D eigenvalue weighted by Gasteiger charge is -2.17. The molecule has 0 amide bonds. The molecule has 15 heavy (non-hydrogen) atoms. The first-order valence-electron chi connectivity index (χ1n) is 5.46. The summed E-state index contributed by atoms with van der Waals surface area (Å²) in [4.78, 5) is 0. The van der Waals surface area contributed by atoms with E-state index in [0.29, 0.717) is 4.75 Å². The summed E-state index contributed by atoms with van der Waals surface area (Å²) in [6.45, 7) is 6.79. The summed E-state index contributed by atoms with van der Waals surface area (Å²) in [6.07, 6.45) is 2.36. The molecule has 0 atom stereocenters. The average molecular weight is 223 g/mol. The Labute approximate surface area is 97.4 Å². The maximum atomic E-state index is 5.73. The minimum Gasteiger partial charge on any atom is -0.399 e. The third-order valence-corrected chi connectivity index (χ3v) is 3.45. The summed E-state index contributed by atoms with van der Waals surface area (Å²) in [5.41, 5.74) is 7.95. The molecule has 0 saturated carbocycles. The van der Waals surface area contributed by atoms with E-state index in [9.17, 15) is 0 Å². The zero-order valence-corrected chi connectivity index (χ0v) is 10.7. The van der Waals surface area contributed by atoms with Crippen LogP contribution in [0, 0.1) is 0 Å². The number of aryl methyl sites for hydroxylation is 1. The highest BCUT2D eigenvalue weighted by molar-refractivity contribution is 8.00. The van der Waals surface area contributed by atoms with Crippen LogP contribution in [0.3, 0.4) is 0 Å². The van der Waals surface area contributed by atoms with E-state index in [1.54, 1.807) is 0 Å². The van der Waals surface area contributed by atoms with Crippen LogP contribution < -0.4 is 5.73 Å². The van der Waals surface area contributed by atoms with Crippen LogP contribution in [-0.4, -0.2) is 10.5 Å². The van der Waals surface area contributed by atoms with Gasteiger partial charge in [-0.2, -0.15) is 11.8 Å². The lowest BCUT2D eigenvalue weighted by molar-refractivity contribution is 0.797. The number of nitrogen functional groups attached to an aromatic ring is 1. The van der Waals surface area contributed by atoms with Crippen molar-refractivity contribution in [3.8, 4) is 0 Å². The van der Waals surface area contributed by atoms with Crippen molar-refractivity contribution in [3.63, 3.8) is 0 Å². The Morgan fingerprint density at radius 3 is 2.60 bits per heavy atom. The molecule has 0 fully saturated rings. The molecular formula is C13H21NS. The van der Waals surface area contributed by atoms with Crippen molar-refractivity contribution in [3.05, 3.63) is 29.8 Å². The van der Waals surface area contributed by atoms with Crippen LogP contribution in [0.25, 0.3) is 0 Å². The number of benzene rings is 1. The topological polar surface area (TPSA) is 26.0 Å². The molecule has 0 bridgehead atoms. The Morgan fingerprint density at radius 1 is 1.27 bits per heavy atom. The minimum absolute atomic E-state index is 0.385. The van der Waals surface area contributed by atoms with E-state index in [4.69, 9.17) is 5.73 Å². The summed E-state index contributed by atoms with van der Waals surface area (Å²) in [5, 5.41) is 0. The molecule has 0 aliphatic rings. The van der Waals surface area contributed by atoms with Crippen LogP contribution in [0.2, 0.25) is 0 Å². The predicted octanol–water partition coefficient (Wildman–Crippen LogP) is 3.73. The van der Waals surface area contributed by atoms with Crippen LogP contribution in [-0.2, 0) is 6.42 Å². The van der Waals surface area contributed by atoms with Crippen LogP contribution in [0.4, 0.5) is 5.69 Å². The number of rotatable bonds is 4. The molecule has 0 spiro atoms. The maximum absolute atomic E-state index is 5.73. The molecule has 84 valence electrons. The predicted molar refractivity (Wildman–Crippen MR) is 71.4 cm³/mol. The summed E-state index contributed by atoms with van der Waals surface area (Å²) < 4.78 is 0.385. The molecule has 0 aliphatic heterocycles. The van der Waals surface area contributed by atoms with Gasteiger partial charge in [-0.3, -0.25) is 0 Å². The first-order valence-corrected chi connectivity index (χ1v) is 6.44. The van der Waals surface area contributed by atoms with Crippen molar-refractivity contribution in [2.75, 3.05) is 11.5 Å². The van der Waals surface area contributed by atoms with Crippen molar-refractivity contribution in [1.82, 2.24) is 0 Å². The quantitative estimate of drug-likeness (QED) is 0.621. The second-order valence-corrected chi connectivity index (χ2v) is 6.73. The fourth-order valence-corrected chi connectivity index (χ4v) is 2.30. The Kier molecular flexibility index (Phi) is 4.52. The highest BCUT2D eigenvalue weighted by atomic mass is 32.2. The lowest BCUT2D eigenvalue weighted by atomic mass is 10.1. The van der Waals surface area contributed by atoms with Gasteiger partial charge in [-0.1, -0.05) is 32.9 Å². The van der Waals surface area contributed by atoms with Gasteiger partial charge >= 0.3 is 0 Å². The van der Waals surface area contributed by atoms with Gasteiger partial charge in [0.15, 0.2) is 0 Å². The molecule has 1 nitrogen and oxygen atoms in total. The SMILES string of the molecule is CC(C)(C)SCCCc1cccc(N)c1. The fourth-order valence-electron chi connectivity index (χ4n) is 1.40. The normalized spacial score (nSPS) is 11.7. The molecule has 0 aliphatic carbocycles. The monoisotopic (exact) mass is 223 g/mol. The van der Waals surface area contributed by atoms with Crippen molar-refractivity contribution < 1.29 is 0 Å². The Morgan fingerprint density at radius 2 is 2.00 bits per heavy atom. The van der Waals surface area contributed by atoms with Gasteiger partial charge in [0.25, 0.3) is 0 Å². The van der Waals surface area contributed by atoms with E-state index < -0.39 is 0 Å². The number of thioether (sulfide) groups is 1. The third kappa shape index (κ3) is 5.73. The molecule has 2 heteroatoms. The lowest BCUT2D eigenvalue weighted by Crippen LogP contribution is -2.08. The van der Waals surface area contributed by atoms with Gasteiger partial charge in [0.05, 0.1) is 0 Å². The summed E-state index contributed by atoms with van der Waals surface area (Å²) in [7, 11) is 0. The molecule has 1 rings (SSSR count). The average Bonchev–Trinajstić information content (AvgIpc) is 2.11. The molecule has 0 radical (unpaired) electrons. The van der Waals surface area contributed by atoms with Crippen LogP contribution in [0.1, 0.15) is 32.8 Å². The second-order valence-electron chi connectivity index (χ2n) is 4.81. The third-order valence-electron chi connectivity index (χ3n) is 2.10. The number of nitrogens with two attached hydrogens (primary N) is 1.